The quantitative estimate of drug-likeness (QED) is 0.774. The number of nitrogens with one attached hydrogen (secondary N) is 2. The minimum absolute atomic E-state index is 0.0161. The maximum absolute atomic E-state index is 11.1. The Kier molecular flexibility index (Phi) is 4.31. The molecule has 0 radical (unpaired) electrons. The van der Waals surface area contributed by atoms with Crippen LogP contribution in [0.4, 0.5) is 0 Å². The van der Waals surface area contributed by atoms with Crippen molar-refractivity contribution in [2.75, 3.05) is 7.11 Å². The van der Waals surface area contributed by atoms with Gasteiger partial charge in [0.1, 0.15) is 0 Å². The summed E-state index contributed by atoms with van der Waals surface area (Å²) in [7, 11) is 1.62. The summed E-state index contributed by atoms with van der Waals surface area (Å²) in [6.45, 7) is 5.34. The maximum Gasteiger partial charge on any atom is 0.305 e. The van der Waals surface area contributed by atoms with Crippen LogP contribution in [0.1, 0.15) is 24.4 Å². The van der Waals surface area contributed by atoms with E-state index < -0.39 is 0 Å². The molecule has 0 fully saturated rings. The molecule has 2 N–H and O–H groups in total. The zero-order valence-corrected chi connectivity index (χ0v) is 9.53. The standard InChI is InChI=1S/C9H16N2O2S/c1-6(2)10-4-8-7(5-13-3)11-9(12)14-8/h6,10H,4-5H2,1-3H3,(H,11,12). The molecule has 0 aliphatic carbocycles. The van der Waals surface area contributed by atoms with Crippen LogP contribution in [0.25, 0.3) is 0 Å². The molecule has 0 atom stereocenters. The smallest absolute Gasteiger partial charge is 0.305 e. The fourth-order valence-corrected chi connectivity index (χ4v) is 1.88. The molecule has 0 bridgehead atoms. The number of H-pyrrole nitrogens is 1. The van der Waals surface area contributed by atoms with Crippen LogP contribution < -0.4 is 10.2 Å². The van der Waals surface area contributed by atoms with Gasteiger partial charge < -0.3 is 15.0 Å². The number of ether oxygens (including phenoxy) is 1. The number of thiazole rings is 1. The van der Waals surface area contributed by atoms with Crippen molar-refractivity contribution in [1.29, 1.82) is 0 Å². The summed E-state index contributed by atoms with van der Waals surface area (Å²) >= 11 is 1.24. The lowest BCUT2D eigenvalue weighted by molar-refractivity contribution is 0.181. The van der Waals surface area contributed by atoms with Crippen LogP contribution in [0.5, 0.6) is 0 Å². The lowest BCUT2D eigenvalue weighted by Gasteiger charge is -2.07. The minimum Gasteiger partial charge on any atom is -0.378 e. The first kappa shape index (κ1) is 11.4. The van der Waals surface area contributed by atoms with E-state index in [9.17, 15) is 4.79 Å². The molecule has 14 heavy (non-hydrogen) atoms. The molecule has 1 heterocycles. The predicted molar refractivity (Wildman–Crippen MR) is 57.6 cm³/mol. The van der Waals surface area contributed by atoms with Crippen molar-refractivity contribution in [1.82, 2.24) is 10.3 Å². The number of hydrogen-bond donors (Lipinski definition) is 2. The Bertz CT molecular complexity index is 330. The fraction of sp³-hybridized carbons (Fsp3) is 0.667. The van der Waals surface area contributed by atoms with Crippen LogP contribution >= 0.6 is 11.3 Å². The summed E-state index contributed by atoms with van der Waals surface area (Å²) in [5.41, 5.74) is 0.885. The van der Waals surface area contributed by atoms with Gasteiger partial charge in [-0.3, -0.25) is 4.79 Å². The zero-order valence-electron chi connectivity index (χ0n) is 8.72. The highest BCUT2D eigenvalue weighted by Gasteiger charge is 2.07. The predicted octanol–water partition coefficient (Wildman–Crippen LogP) is 1.08. The first-order valence-corrected chi connectivity index (χ1v) is 5.38. The molecule has 4 nitrogen and oxygen atoms in total. The average molecular weight is 216 g/mol. The molecular formula is C9H16N2O2S. The van der Waals surface area contributed by atoms with Gasteiger partial charge in [-0.1, -0.05) is 25.2 Å². The summed E-state index contributed by atoms with van der Waals surface area (Å²) < 4.78 is 5.00. The molecule has 0 saturated carbocycles. The Morgan fingerprint density at radius 1 is 1.57 bits per heavy atom. The minimum atomic E-state index is -0.0161. The second-order valence-electron chi connectivity index (χ2n) is 3.38. The van der Waals surface area contributed by atoms with E-state index in [1.807, 2.05) is 0 Å². The highest BCUT2D eigenvalue weighted by atomic mass is 32.1. The van der Waals surface area contributed by atoms with E-state index in [1.54, 1.807) is 7.11 Å². The highest BCUT2D eigenvalue weighted by Crippen LogP contribution is 2.10. The van der Waals surface area contributed by atoms with E-state index >= 15 is 0 Å². The Balaban J connectivity index is 2.68. The van der Waals surface area contributed by atoms with Crippen LogP contribution in [0.2, 0.25) is 0 Å². The van der Waals surface area contributed by atoms with Gasteiger partial charge in [0, 0.05) is 24.6 Å². The van der Waals surface area contributed by atoms with Crippen LogP contribution in [0.15, 0.2) is 4.79 Å². The second kappa shape index (κ2) is 5.29. The van der Waals surface area contributed by atoms with Crippen molar-refractivity contribution < 1.29 is 4.74 Å². The van der Waals surface area contributed by atoms with Crippen molar-refractivity contribution in [2.24, 2.45) is 0 Å². The topological polar surface area (TPSA) is 54.1 Å². The molecule has 1 rings (SSSR count). The van der Waals surface area contributed by atoms with E-state index in [-0.39, 0.29) is 4.87 Å². The Morgan fingerprint density at radius 2 is 2.29 bits per heavy atom. The van der Waals surface area contributed by atoms with E-state index in [1.165, 1.54) is 11.3 Å². The first-order chi connectivity index (χ1) is 6.63. The zero-order chi connectivity index (χ0) is 10.6. The van der Waals surface area contributed by atoms with Gasteiger partial charge in [0.2, 0.25) is 0 Å². The maximum atomic E-state index is 11.1. The lowest BCUT2D eigenvalue weighted by Crippen LogP contribution is -2.21. The molecule has 0 amide bonds. The van der Waals surface area contributed by atoms with Gasteiger partial charge in [-0.05, 0) is 0 Å². The third-order valence-electron chi connectivity index (χ3n) is 1.76. The molecule has 1 aromatic heterocycles. The van der Waals surface area contributed by atoms with E-state index in [2.05, 4.69) is 24.1 Å². The normalized spacial score (nSPS) is 11.1. The Morgan fingerprint density at radius 3 is 2.86 bits per heavy atom. The monoisotopic (exact) mass is 216 g/mol. The average Bonchev–Trinajstić information content (AvgIpc) is 2.44. The molecule has 0 aliphatic heterocycles. The van der Waals surface area contributed by atoms with Gasteiger partial charge in [-0.15, -0.1) is 0 Å². The second-order valence-corrected chi connectivity index (χ2v) is 4.45. The summed E-state index contributed by atoms with van der Waals surface area (Å²) in [6.07, 6.45) is 0. The first-order valence-electron chi connectivity index (χ1n) is 4.56. The summed E-state index contributed by atoms with van der Waals surface area (Å²) in [5.74, 6) is 0. The summed E-state index contributed by atoms with van der Waals surface area (Å²) in [5, 5.41) is 3.27. The molecule has 0 spiro atoms. The number of aromatic nitrogens is 1. The van der Waals surface area contributed by atoms with Crippen LogP contribution in [0, 0.1) is 0 Å². The third-order valence-corrected chi connectivity index (χ3v) is 2.69. The molecule has 80 valence electrons. The molecule has 0 unspecified atom stereocenters. The highest BCUT2D eigenvalue weighted by molar-refractivity contribution is 7.09. The van der Waals surface area contributed by atoms with Gasteiger partial charge in [0.15, 0.2) is 0 Å². The SMILES string of the molecule is COCc1[nH]c(=O)sc1CNC(C)C. The van der Waals surface area contributed by atoms with E-state index in [4.69, 9.17) is 4.74 Å². The third kappa shape index (κ3) is 3.25. The van der Waals surface area contributed by atoms with Crippen molar-refractivity contribution >= 4 is 11.3 Å². The molecule has 0 saturated heterocycles. The van der Waals surface area contributed by atoms with Gasteiger partial charge in [0.25, 0.3) is 0 Å². The number of methoxy groups -OCH3 is 1. The van der Waals surface area contributed by atoms with Crippen LogP contribution in [0.3, 0.4) is 0 Å². The Hall–Kier alpha value is -0.650. The van der Waals surface area contributed by atoms with Crippen molar-refractivity contribution in [3.05, 3.63) is 20.2 Å². The number of rotatable bonds is 5. The Labute approximate surface area is 87.3 Å². The molecular weight excluding hydrogens is 200 g/mol. The van der Waals surface area contributed by atoms with Gasteiger partial charge in [0.05, 0.1) is 12.3 Å². The largest absolute Gasteiger partial charge is 0.378 e. The molecule has 0 aromatic carbocycles. The number of hydrogen-bond acceptors (Lipinski definition) is 4. The molecule has 5 heteroatoms. The lowest BCUT2D eigenvalue weighted by atomic mass is 10.3. The molecule has 0 aliphatic rings. The van der Waals surface area contributed by atoms with E-state index in [0.717, 1.165) is 17.1 Å². The van der Waals surface area contributed by atoms with Crippen LogP contribution in [-0.2, 0) is 17.9 Å². The van der Waals surface area contributed by atoms with Gasteiger partial charge >= 0.3 is 4.87 Å². The molecule has 1 aromatic rings. The van der Waals surface area contributed by atoms with Crippen molar-refractivity contribution in [3.63, 3.8) is 0 Å². The summed E-state index contributed by atoms with van der Waals surface area (Å²) in [4.78, 5) is 14.9. The van der Waals surface area contributed by atoms with Gasteiger partial charge in [-0.25, -0.2) is 0 Å². The fourth-order valence-electron chi connectivity index (χ4n) is 1.09. The van der Waals surface area contributed by atoms with Crippen molar-refractivity contribution in [2.45, 2.75) is 33.0 Å². The number of aromatic amines is 1. The van der Waals surface area contributed by atoms with Crippen molar-refractivity contribution in [3.8, 4) is 0 Å². The summed E-state index contributed by atoms with van der Waals surface area (Å²) in [6, 6.07) is 0.419. The van der Waals surface area contributed by atoms with Crippen LogP contribution in [-0.4, -0.2) is 18.1 Å². The van der Waals surface area contributed by atoms with E-state index in [0.29, 0.717) is 12.6 Å². The van der Waals surface area contributed by atoms with Gasteiger partial charge in [-0.2, -0.15) is 0 Å².